The molecule has 1 saturated heterocycles. The van der Waals surface area contributed by atoms with Crippen LogP contribution in [0.3, 0.4) is 0 Å². The summed E-state index contributed by atoms with van der Waals surface area (Å²) in [5.41, 5.74) is 2.43. The number of carbonyl (C=O) groups is 1. The van der Waals surface area contributed by atoms with Crippen molar-refractivity contribution in [3.8, 4) is 5.75 Å². The number of carbonyl (C=O) groups excluding carboxylic acids is 1. The molecule has 1 aliphatic heterocycles. The molecule has 3 aromatic rings. The molecule has 9 heteroatoms. The second kappa shape index (κ2) is 12.7. The highest BCUT2D eigenvalue weighted by Crippen LogP contribution is 2.32. The topological polar surface area (TPSA) is 88.2 Å². The molecule has 0 unspecified atom stereocenters. The zero-order chi connectivity index (χ0) is 26.1. The maximum absolute atomic E-state index is 13.6. The molecule has 1 heterocycles. The van der Waals surface area contributed by atoms with Crippen molar-refractivity contribution >= 4 is 21.6 Å². The van der Waals surface area contributed by atoms with Gasteiger partial charge in [0.05, 0.1) is 30.4 Å². The van der Waals surface area contributed by atoms with Gasteiger partial charge in [-0.25, -0.2) is 8.42 Å². The average Bonchev–Trinajstić information content (AvgIpc) is 2.92. The van der Waals surface area contributed by atoms with Gasteiger partial charge in [-0.1, -0.05) is 54.6 Å². The van der Waals surface area contributed by atoms with E-state index in [9.17, 15) is 13.2 Å². The average molecular weight is 524 g/mol. The SMILES string of the molecule is CCOc1ccccc1N(CC(=O)NCc1cccc(CN2CCOCC2)c1)S(=O)(=O)c1ccccc1. The second-order valence-corrected chi connectivity index (χ2v) is 10.6. The molecule has 196 valence electrons. The Bertz CT molecular complexity index is 1280. The van der Waals surface area contributed by atoms with E-state index in [1.807, 2.05) is 19.1 Å². The highest BCUT2D eigenvalue weighted by atomic mass is 32.2. The van der Waals surface area contributed by atoms with E-state index in [2.05, 4.69) is 22.3 Å². The minimum absolute atomic E-state index is 0.102. The Hall–Kier alpha value is -3.40. The zero-order valence-electron chi connectivity index (χ0n) is 21.0. The summed E-state index contributed by atoms with van der Waals surface area (Å²) in [6, 6.07) is 23.0. The van der Waals surface area contributed by atoms with E-state index in [0.29, 0.717) is 24.6 Å². The van der Waals surface area contributed by atoms with Crippen LogP contribution in [0, 0.1) is 0 Å². The fourth-order valence-corrected chi connectivity index (χ4v) is 5.66. The first-order valence-corrected chi connectivity index (χ1v) is 13.9. The lowest BCUT2D eigenvalue weighted by Gasteiger charge is -2.26. The van der Waals surface area contributed by atoms with E-state index < -0.39 is 15.9 Å². The maximum atomic E-state index is 13.6. The summed E-state index contributed by atoms with van der Waals surface area (Å²) in [5, 5.41) is 2.89. The Labute approximate surface area is 218 Å². The Morgan fingerprint density at radius 1 is 0.973 bits per heavy atom. The summed E-state index contributed by atoms with van der Waals surface area (Å²) in [6.07, 6.45) is 0. The van der Waals surface area contributed by atoms with Gasteiger partial charge in [0.1, 0.15) is 12.3 Å². The second-order valence-electron chi connectivity index (χ2n) is 8.71. The van der Waals surface area contributed by atoms with Gasteiger partial charge in [-0.05, 0) is 42.3 Å². The molecule has 0 radical (unpaired) electrons. The predicted molar refractivity (Wildman–Crippen MR) is 143 cm³/mol. The van der Waals surface area contributed by atoms with Crippen LogP contribution in [0.1, 0.15) is 18.1 Å². The largest absolute Gasteiger partial charge is 0.492 e. The van der Waals surface area contributed by atoms with Crippen LogP contribution in [-0.4, -0.2) is 58.7 Å². The summed E-state index contributed by atoms with van der Waals surface area (Å²) in [7, 11) is -4.02. The summed E-state index contributed by atoms with van der Waals surface area (Å²) in [5.74, 6) is -0.0162. The highest BCUT2D eigenvalue weighted by Gasteiger charge is 2.29. The molecule has 0 atom stereocenters. The van der Waals surface area contributed by atoms with Crippen LogP contribution in [0.2, 0.25) is 0 Å². The Morgan fingerprint density at radius 2 is 1.68 bits per heavy atom. The summed E-state index contributed by atoms with van der Waals surface area (Å²) < 4.78 is 39.4. The number of sulfonamides is 1. The molecule has 1 amide bonds. The van der Waals surface area contributed by atoms with Gasteiger partial charge < -0.3 is 14.8 Å². The Morgan fingerprint density at radius 3 is 2.43 bits per heavy atom. The number of nitrogens with one attached hydrogen (secondary N) is 1. The zero-order valence-corrected chi connectivity index (χ0v) is 21.8. The predicted octanol–water partition coefficient (Wildman–Crippen LogP) is 3.43. The lowest BCUT2D eigenvalue weighted by molar-refractivity contribution is -0.119. The van der Waals surface area contributed by atoms with Gasteiger partial charge in [-0.2, -0.15) is 0 Å². The first-order chi connectivity index (χ1) is 18.0. The van der Waals surface area contributed by atoms with Crippen LogP contribution in [-0.2, 0) is 32.6 Å². The first kappa shape index (κ1) is 26.7. The smallest absolute Gasteiger partial charge is 0.264 e. The molecule has 37 heavy (non-hydrogen) atoms. The van der Waals surface area contributed by atoms with E-state index >= 15 is 0 Å². The molecular formula is C28H33N3O5S. The van der Waals surface area contributed by atoms with Gasteiger partial charge in [0.15, 0.2) is 0 Å². The molecule has 1 aliphatic rings. The van der Waals surface area contributed by atoms with E-state index in [-0.39, 0.29) is 11.4 Å². The third-order valence-corrected chi connectivity index (χ3v) is 7.82. The van der Waals surface area contributed by atoms with Gasteiger partial charge >= 0.3 is 0 Å². The highest BCUT2D eigenvalue weighted by molar-refractivity contribution is 7.92. The van der Waals surface area contributed by atoms with E-state index in [0.717, 1.165) is 48.3 Å². The molecule has 1 N–H and O–H groups in total. The lowest BCUT2D eigenvalue weighted by atomic mass is 10.1. The van der Waals surface area contributed by atoms with Crippen molar-refractivity contribution in [3.63, 3.8) is 0 Å². The minimum Gasteiger partial charge on any atom is -0.492 e. The summed E-state index contributed by atoms with van der Waals surface area (Å²) in [4.78, 5) is 15.5. The van der Waals surface area contributed by atoms with Crippen molar-refractivity contribution in [1.82, 2.24) is 10.2 Å². The van der Waals surface area contributed by atoms with Crippen molar-refractivity contribution in [3.05, 3.63) is 90.0 Å². The van der Waals surface area contributed by atoms with E-state index in [4.69, 9.17) is 9.47 Å². The molecule has 0 saturated carbocycles. The van der Waals surface area contributed by atoms with Crippen molar-refractivity contribution in [2.75, 3.05) is 43.8 Å². The fourth-order valence-electron chi connectivity index (χ4n) is 4.20. The molecule has 0 aromatic heterocycles. The molecular weight excluding hydrogens is 490 g/mol. The minimum atomic E-state index is -4.02. The lowest BCUT2D eigenvalue weighted by Crippen LogP contribution is -2.41. The maximum Gasteiger partial charge on any atom is 0.264 e. The van der Waals surface area contributed by atoms with E-state index in [1.165, 1.54) is 12.1 Å². The first-order valence-electron chi connectivity index (χ1n) is 12.4. The van der Waals surface area contributed by atoms with Crippen LogP contribution in [0.15, 0.2) is 83.8 Å². The summed E-state index contributed by atoms with van der Waals surface area (Å²) in [6.45, 7) is 6.20. The Kier molecular flexibility index (Phi) is 9.16. The number of hydrogen-bond donors (Lipinski definition) is 1. The summed E-state index contributed by atoms with van der Waals surface area (Å²) >= 11 is 0. The van der Waals surface area contributed by atoms with Crippen LogP contribution in [0.25, 0.3) is 0 Å². The van der Waals surface area contributed by atoms with Crippen molar-refractivity contribution in [1.29, 1.82) is 0 Å². The van der Waals surface area contributed by atoms with Gasteiger partial charge in [0.25, 0.3) is 10.0 Å². The van der Waals surface area contributed by atoms with Crippen molar-refractivity contribution < 1.29 is 22.7 Å². The monoisotopic (exact) mass is 523 g/mol. The number of amides is 1. The molecule has 0 aliphatic carbocycles. The number of rotatable bonds is 11. The van der Waals surface area contributed by atoms with Crippen LogP contribution in [0.5, 0.6) is 5.75 Å². The number of nitrogens with zero attached hydrogens (tertiary/aromatic N) is 2. The molecule has 3 aromatic carbocycles. The van der Waals surface area contributed by atoms with Crippen LogP contribution < -0.4 is 14.4 Å². The van der Waals surface area contributed by atoms with Gasteiger partial charge in [-0.3, -0.25) is 14.0 Å². The molecule has 1 fully saturated rings. The standard InChI is InChI=1S/C28H33N3O5S/c1-2-36-27-14-7-6-13-26(27)31(37(33,34)25-11-4-3-5-12-25)22-28(32)29-20-23-9-8-10-24(19-23)21-30-15-17-35-18-16-30/h3-14,19H,2,15-18,20-22H2,1H3,(H,29,32). The third kappa shape index (κ3) is 7.09. The fraction of sp³-hybridized carbons (Fsp3) is 0.321. The van der Waals surface area contributed by atoms with Crippen molar-refractivity contribution in [2.24, 2.45) is 0 Å². The number of para-hydroxylation sites is 2. The number of hydrogen-bond acceptors (Lipinski definition) is 6. The Balaban J connectivity index is 1.49. The number of morpholine rings is 1. The van der Waals surface area contributed by atoms with Crippen molar-refractivity contribution in [2.45, 2.75) is 24.9 Å². The quantitative estimate of drug-likeness (QED) is 0.414. The molecule has 8 nitrogen and oxygen atoms in total. The molecule has 0 bridgehead atoms. The van der Waals surface area contributed by atoms with Crippen LogP contribution in [0.4, 0.5) is 5.69 Å². The third-order valence-electron chi connectivity index (χ3n) is 6.04. The van der Waals surface area contributed by atoms with Gasteiger partial charge in [0, 0.05) is 26.2 Å². The van der Waals surface area contributed by atoms with Crippen LogP contribution >= 0.6 is 0 Å². The van der Waals surface area contributed by atoms with Gasteiger partial charge in [0.2, 0.25) is 5.91 Å². The van der Waals surface area contributed by atoms with Gasteiger partial charge in [-0.15, -0.1) is 0 Å². The van der Waals surface area contributed by atoms with E-state index in [1.54, 1.807) is 42.5 Å². The molecule has 4 rings (SSSR count). The number of ether oxygens (including phenoxy) is 2. The normalized spacial score (nSPS) is 14.2. The number of anilines is 1. The molecule has 0 spiro atoms. The number of benzene rings is 3.